The predicted molar refractivity (Wildman–Crippen MR) is 67.8 cm³/mol. The van der Waals surface area contributed by atoms with Gasteiger partial charge in [0.15, 0.2) is 0 Å². The van der Waals surface area contributed by atoms with Gasteiger partial charge >= 0.3 is 0 Å². The van der Waals surface area contributed by atoms with Crippen LogP contribution in [0.2, 0.25) is 0 Å². The molecule has 0 amide bonds. The van der Waals surface area contributed by atoms with Gasteiger partial charge in [-0.2, -0.15) is 0 Å². The van der Waals surface area contributed by atoms with Crippen molar-refractivity contribution in [2.24, 2.45) is 0 Å². The van der Waals surface area contributed by atoms with Gasteiger partial charge in [0.2, 0.25) is 0 Å². The molecule has 84 valence electrons. The summed E-state index contributed by atoms with van der Waals surface area (Å²) < 4.78 is 3.83. The molecule has 1 heterocycles. The first-order valence-electron chi connectivity index (χ1n) is 5.35. The first-order chi connectivity index (χ1) is 7.75. The predicted octanol–water partition coefficient (Wildman–Crippen LogP) is 3.27. The van der Waals surface area contributed by atoms with Crippen molar-refractivity contribution >= 4 is 17.2 Å². The van der Waals surface area contributed by atoms with Crippen molar-refractivity contribution in [3.8, 4) is 0 Å². The molecule has 0 atom stereocenters. The van der Waals surface area contributed by atoms with E-state index in [0.29, 0.717) is 5.92 Å². The van der Waals surface area contributed by atoms with E-state index in [2.05, 4.69) is 53.0 Å². The van der Waals surface area contributed by atoms with Crippen molar-refractivity contribution in [3.05, 3.63) is 40.9 Å². The van der Waals surface area contributed by atoms with Gasteiger partial charge in [-0.1, -0.05) is 30.5 Å². The molecule has 0 radical (unpaired) electrons. The van der Waals surface area contributed by atoms with Crippen molar-refractivity contribution in [1.29, 1.82) is 0 Å². The number of benzene rings is 1. The minimum Gasteiger partial charge on any atom is -0.379 e. The molecule has 0 fully saturated rings. The molecular formula is C12H15N3S. The molecule has 16 heavy (non-hydrogen) atoms. The fourth-order valence-electron chi connectivity index (χ4n) is 1.46. The molecule has 0 aliphatic carbocycles. The molecule has 0 saturated carbocycles. The maximum Gasteiger partial charge on any atom is 0.0946 e. The summed E-state index contributed by atoms with van der Waals surface area (Å²) >= 11 is 1.38. The van der Waals surface area contributed by atoms with Crippen molar-refractivity contribution in [3.63, 3.8) is 0 Å². The molecule has 2 aromatic rings. The number of nitrogens with zero attached hydrogens (tertiary/aromatic N) is 2. The summed E-state index contributed by atoms with van der Waals surface area (Å²) in [7, 11) is 0. The Balaban J connectivity index is 2.01. The number of hydrogen-bond acceptors (Lipinski definition) is 4. The lowest BCUT2D eigenvalue weighted by molar-refractivity contribution is 0.866. The number of anilines is 1. The van der Waals surface area contributed by atoms with Crippen molar-refractivity contribution in [1.82, 2.24) is 9.59 Å². The Hall–Kier alpha value is -1.42. The lowest BCUT2D eigenvalue weighted by atomic mass is 10.0. The van der Waals surface area contributed by atoms with Crippen LogP contribution in [-0.4, -0.2) is 9.59 Å². The molecule has 0 spiro atoms. The number of rotatable bonds is 4. The van der Waals surface area contributed by atoms with E-state index in [-0.39, 0.29) is 0 Å². The highest BCUT2D eigenvalue weighted by molar-refractivity contribution is 7.03. The van der Waals surface area contributed by atoms with E-state index >= 15 is 0 Å². The summed E-state index contributed by atoms with van der Waals surface area (Å²) in [5, 5.41) is 9.30. The highest BCUT2D eigenvalue weighted by Gasteiger charge is 2.01. The van der Waals surface area contributed by atoms with Crippen LogP contribution in [0.4, 0.5) is 5.69 Å². The topological polar surface area (TPSA) is 37.8 Å². The van der Waals surface area contributed by atoms with Gasteiger partial charge in [-0.15, -0.1) is 5.10 Å². The van der Waals surface area contributed by atoms with Gasteiger partial charge in [-0.25, -0.2) is 0 Å². The maximum absolute atomic E-state index is 3.99. The van der Waals surface area contributed by atoms with E-state index in [1.807, 2.05) is 5.38 Å². The van der Waals surface area contributed by atoms with Gasteiger partial charge in [-0.05, 0) is 35.1 Å². The number of aromatic nitrogens is 2. The lowest BCUT2D eigenvalue weighted by Gasteiger charge is -2.09. The molecule has 1 N–H and O–H groups in total. The molecule has 4 heteroatoms. The summed E-state index contributed by atoms with van der Waals surface area (Å²) in [4.78, 5) is 0. The largest absolute Gasteiger partial charge is 0.379 e. The Morgan fingerprint density at radius 2 is 2.25 bits per heavy atom. The summed E-state index contributed by atoms with van der Waals surface area (Å²) in [6.45, 7) is 5.13. The van der Waals surface area contributed by atoms with Gasteiger partial charge in [-0.3, -0.25) is 0 Å². The van der Waals surface area contributed by atoms with Gasteiger partial charge in [0.25, 0.3) is 0 Å². The van der Waals surface area contributed by atoms with Gasteiger partial charge in [0.1, 0.15) is 0 Å². The Morgan fingerprint density at radius 1 is 1.38 bits per heavy atom. The second kappa shape index (κ2) is 5.07. The third-order valence-electron chi connectivity index (χ3n) is 2.43. The van der Waals surface area contributed by atoms with Crippen LogP contribution in [0.1, 0.15) is 31.0 Å². The van der Waals surface area contributed by atoms with Gasteiger partial charge < -0.3 is 5.32 Å². The summed E-state index contributed by atoms with van der Waals surface area (Å²) in [5.74, 6) is 0.558. The zero-order chi connectivity index (χ0) is 11.4. The molecule has 0 aliphatic heterocycles. The van der Waals surface area contributed by atoms with Crippen LogP contribution in [0, 0.1) is 0 Å². The van der Waals surface area contributed by atoms with E-state index in [4.69, 9.17) is 0 Å². The average Bonchev–Trinajstić information content (AvgIpc) is 2.79. The zero-order valence-electron chi connectivity index (χ0n) is 9.47. The summed E-state index contributed by atoms with van der Waals surface area (Å²) in [6, 6.07) is 8.49. The van der Waals surface area contributed by atoms with Gasteiger partial charge in [0.05, 0.1) is 12.2 Å². The molecule has 1 aromatic carbocycles. The van der Waals surface area contributed by atoms with Gasteiger partial charge in [0, 0.05) is 11.1 Å². The van der Waals surface area contributed by atoms with Crippen molar-refractivity contribution in [2.75, 3.05) is 5.32 Å². The Kier molecular flexibility index (Phi) is 3.51. The summed E-state index contributed by atoms with van der Waals surface area (Å²) in [5.41, 5.74) is 3.47. The first-order valence-corrected chi connectivity index (χ1v) is 6.19. The first kappa shape index (κ1) is 11.1. The average molecular weight is 233 g/mol. The Morgan fingerprint density at radius 3 is 2.94 bits per heavy atom. The monoisotopic (exact) mass is 233 g/mol. The van der Waals surface area contributed by atoms with Crippen LogP contribution in [0.3, 0.4) is 0 Å². The van der Waals surface area contributed by atoms with E-state index in [0.717, 1.165) is 17.9 Å². The molecule has 0 bridgehead atoms. The quantitative estimate of drug-likeness (QED) is 0.880. The summed E-state index contributed by atoms with van der Waals surface area (Å²) in [6.07, 6.45) is 0. The highest BCUT2D eigenvalue weighted by atomic mass is 32.1. The molecule has 0 unspecified atom stereocenters. The fraction of sp³-hybridized carbons (Fsp3) is 0.333. The van der Waals surface area contributed by atoms with Crippen LogP contribution in [0.25, 0.3) is 0 Å². The van der Waals surface area contributed by atoms with Crippen LogP contribution in [0.5, 0.6) is 0 Å². The second-order valence-corrected chi connectivity index (χ2v) is 4.64. The van der Waals surface area contributed by atoms with E-state index in [1.54, 1.807) is 0 Å². The third kappa shape index (κ3) is 2.79. The van der Waals surface area contributed by atoms with Crippen LogP contribution in [-0.2, 0) is 6.54 Å². The van der Waals surface area contributed by atoms with Crippen LogP contribution in [0.15, 0.2) is 29.6 Å². The minimum atomic E-state index is 0.558. The van der Waals surface area contributed by atoms with E-state index in [9.17, 15) is 0 Å². The maximum atomic E-state index is 3.99. The molecular weight excluding hydrogens is 218 g/mol. The van der Waals surface area contributed by atoms with Crippen molar-refractivity contribution in [2.45, 2.75) is 26.3 Å². The molecule has 0 saturated heterocycles. The lowest BCUT2D eigenvalue weighted by Crippen LogP contribution is -2.00. The fourth-order valence-corrected chi connectivity index (χ4v) is 1.91. The Bertz CT molecular complexity index is 437. The molecule has 0 aliphatic rings. The van der Waals surface area contributed by atoms with Crippen LogP contribution >= 0.6 is 11.5 Å². The van der Waals surface area contributed by atoms with Crippen LogP contribution < -0.4 is 5.32 Å². The zero-order valence-corrected chi connectivity index (χ0v) is 10.3. The Labute approximate surface area is 99.7 Å². The normalized spacial score (nSPS) is 10.7. The smallest absolute Gasteiger partial charge is 0.0946 e. The second-order valence-electron chi connectivity index (χ2n) is 4.03. The minimum absolute atomic E-state index is 0.558. The highest BCUT2D eigenvalue weighted by Crippen LogP contribution is 2.18. The number of hydrogen-bond donors (Lipinski definition) is 1. The molecule has 3 nitrogen and oxygen atoms in total. The standard InChI is InChI=1S/C12H15N3S/c1-9(2)10-4-3-5-11(6-10)13-7-12-8-16-15-14-12/h3-6,8-9,13H,7H2,1-2H3. The number of nitrogens with one attached hydrogen (secondary N) is 1. The van der Waals surface area contributed by atoms with Crippen molar-refractivity contribution < 1.29 is 0 Å². The van der Waals surface area contributed by atoms with E-state index < -0.39 is 0 Å². The van der Waals surface area contributed by atoms with E-state index in [1.165, 1.54) is 17.1 Å². The third-order valence-corrected chi connectivity index (χ3v) is 2.99. The SMILES string of the molecule is CC(C)c1cccc(NCc2csnn2)c1. The molecule has 2 rings (SSSR count). The molecule has 1 aromatic heterocycles.